The van der Waals surface area contributed by atoms with Crippen molar-refractivity contribution in [1.82, 2.24) is 9.88 Å². The Morgan fingerprint density at radius 3 is 2.58 bits per heavy atom. The molecule has 1 fully saturated rings. The fourth-order valence-corrected chi connectivity index (χ4v) is 5.15. The molecule has 5 rings (SSSR count). The van der Waals surface area contributed by atoms with Gasteiger partial charge in [-0.1, -0.05) is 25.1 Å². The van der Waals surface area contributed by atoms with Crippen LogP contribution in [0, 0.1) is 24.2 Å². The third-order valence-electron chi connectivity index (χ3n) is 7.39. The summed E-state index contributed by atoms with van der Waals surface area (Å²) in [5.41, 5.74) is 6.90. The van der Waals surface area contributed by atoms with E-state index in [0.717, 1.165) is 75.1 Å². The number of nitriles is 1. The molecule has 0 atom stereocenters. The number of aryl methyl sites for hydroxylation is 1. The van der Waals surface area contributed by atoms with Gasteiger partial charge in [0.2, 0.25) is 0 Å². The summed E-state index contributed by atoms with van der Waals surface area (Å²) in [4.78, 5) is 22.8. The average Bonchev–Trinajstić information content (AvgIpc) is 2.89. The maximum atomic E-state index is 13.3. The Balaban J connectivity index is 1.26. The van der Waals surface area contributed by atoms with Crippen molar-refractivity contribution in [3.63, 3.8) is 0 Å². The number of piperidine rings is 1. The number of aromatic nitrogens is 1. The fourth-order valence-electron chi connectivity index (χ4n) is 5.15. The van der Waals surface area contributed by atoms with E-state index in [1.807, 2.05) is 49.4 Å². The Bertz CT molecular complexity index is 1290. The van der Waals surface area contributed by atoms with Crippen LogP contribution in [0.1, 0.15) is 58.1 Å². The number of carbonyl (C=O) groups is 1. The van der Waals surface area contributed by atoms with E-state index in [4.69, 9.17) is 10.2 Å². The molecule has 6 nitrogen and oxygen atoms in total. The van der Waals surface area contributed by atoms with Crippen LogP contribution in [0.4, 0.5) is 11.5 Å². The van der Waals surface area contributed by atoms with Crippen molar-refractivity contribution in [1.29, 1.82) is 5.26 Å². The minimum atomic E-state index is -0.102. The highest BCUT2D eigenvalue weighted by molar-refractivity contribution is 6.07. The predicted molar refractivity (Wildman–Crippen MR) is 143 cm³/mol. The third kappa shape index (κ3) is 5.42. The van der Waals surface area contributed by atoms with Gasteiger partial charge >= 0.3 is 0 Å². The molecule has 2 aliphatic rings. The van der Waals surface area contributed by atoms with Gasteiger partial charge in [-0.2, -0.15) is 5.26 Å². The number of nitrogens with zero attached hydrogens (tertiary/aromatic N) is 4. The molecular formula is C30H33N5O. The summed E-state index contributed by atoms with van der Waals surface area (Å²) >= 11 is 0. The quantitative estimate of drug-likeness (QED) is 0.537. The van der Waals surface area contributed by atoms with Gasteiger partial charge in [0.1, 0.15) is 5.82 Å². The first-order chi connectivity index (χ1) is 17.5. The van der Waals surface area contributed by atoms with Crippen molar-refractivity contribution in [2.45, 2.75) is 46.2 Å². The first-order valence-electron chi connectivity index (χ1n) is 12.9. The van der Waals surface area contributed by atoms with Crippen LogP contribution >= 0.6 is 0 Å². The SMILES string of the molecule is Cc1ccc(C(=O)Nc2ccc3c(c2)CCN(Cc2ccc(C#N)cc2)C3)c(N2CCC(C)CC2)n1. The zero-order valence-corrected chi connectivity index (χ0v) is 21.1. The van der Waals surface area contributed by atoms with Gasteiger partial charge in [-0.3, -0.25) is 9.69 Å². The Morgan fingerprint density at radius 2 is 1.83 bits per heavy atom. The molecule has 184 valence electrons. The average molecular weight is 480 g/mol. The minimum Gasteiger partial charge on any atom is -0.356 e. The molecule has 2 aromatic carbocycles. The van der Waals surface area contributed by atoms with E-state index in [0.29, 0.717) is 11.1 Å². The highest BCUT2D eigenvalue weighted by Gasteiger charge is 2.23. The largest absolute Gasteiger partial charge is 0.356 e. The number of amides is 1. The predicted octanol–water partition coefficient (Wildman–Crippen LogP) is 5.31. The Kier molecular flexibility index (Phi) is 7.02. The topological polar surface area (TPSA) is 72.3 Å². The van der Waals surface area contributed by atoms with Crippen LogP contribution in [0.3, 0.4) is 0 Å². The second-order valence-corrected chi connectivity index (χ2v) is 10.2. The number of hydrogen-bond acceptors (Lipinski definition) is 5. The number of carbonyl (C=O) groups excluding carboxylic acids is 1. The van der Waals surface area contributed by atoms with Crippen LogP contribution in [0.5, 0.6) is 0 Å². The van der Waals surface area contributed by atoms with Gasteiger partial charge in [0.05, 0.1) is 17.2 Å². The smallest absolute Gasteiger partial charge is 0.259 e. The first kappa shape index (κ1) is 24.0. The molecule has 1 aromatic heterocycles. The summed E-state index contributed by atoms with van der Waals surface area (Å²) in [5, 5.41) is 12.1. The lowest BCUT2D eigenvalue weighted by molar-refractivity contribution is 0.102. The van der Waals surface area contributed by atoms with Crippen molar-refractivity contribution in [3.8, 4) is 6.07 Å². The number of anilines is 2. The normalized spacial score (nSPS) is 16.3. The monoisotopic (exact) mass is 479 g/mol. The van der Waals surface area contributed by atoms with Gasteiger partial charge in [-0.25, -0.2) is 4.98 Å². The molecule has 0 aliphatic carbocycles. The van der Waals surface area contributed by atoms with Crippen molar-refractivity contribution in [2.24, 2.45) is 5.92 Å². The van der Waals surface area contributed by atoms with E-state index in [1.165, 1.54) is 16.7 Å². The van der Waals surface area contributed by atoms with E-state index in [9.17, 15) is 4.79 Å². The summed E-state index contributed by atoms with van der Waals surface area (Å²) in [7, 11) is 0. The molecular weight excluding hydrogens is 446 g/mol. The van der Waals surface area contributed by atoms with Gasteiger partial charge in [-0.05, 0) is 85.2 Å². The molecule has 0 radical (unpaired) electrons. The second kappa shape index (κ2) is 10.5. The third-order valence-corrected chi connectivity index (χ3v) is 7.39. The molecule has 0 saturated carbocycles. The van der Waals surface area contributed by atoms with Gasteiger partial charge in [0, 0.05) is 44.1 Å². The summed E-state index contributed by atoms with van der Waals surface area (Å²) in [5.74, 6) is 1.42. The summed E-state index contributed by atoms with van der Waals surface area (Å²) in [6.07, 6.45) is 3.20. The van der Waals surface area contributed by atoms with Gasteiger partial charge < -0.3 is 10.2 Å². The van der Waals surface area contributed by atoms with E-state index < -0.39 is 0 Å². The van der Waals surface area contributed by atoms with Crippen LogP contribution in [-0.2, 0) is 19.5 Å². The van der Waals surface area contributed by atoms with E-state index in [2.05, 4.69) is 40.2 Å². The van der Waals surface area contributed by atoms with E-state index >= 15 is 0 Å². The second-order valence-electron chi connectivity index (χ2n) is 10.2. The number of benzene rings is 2. The lowest BCUT2D eigenvalue weighted by Crippen LogP contribution is -2.35. The number of rotatable bonds is 5. The lowest BCUT2D eigenvalue weighted by atomic mass is 9.98. The number of fused-ring (bicyclic) bond motifs is 1. The molecule has 3 heterocycles. The lowest BCUT2D eigenvalue weighted by Gasteiger charge is -2.32. The first-order valence-corrected chi connectivity index (χ1v) is 12.9. The van der Waals surface area contributed by atoms with E-state index in [1.54, 1.807) is 0 Å². The fraction of sp³-hybridized carbons (Fsp3) is 0.367. The van der Waals surface area contributed by atoms with Gasteiger partial charge in [0.25, 0.3) is 5.91 Å². The molecule has 0 bridgehead atoms. The van der Waals surface area contributed by atoms with Crippen molar-refractivity contribution in [2.75, 3.05) is 29.9 Å². The molecule has 6 heteroatoms. The summed E-state index contributed by atoms with van der Waals surface area (Å²) < 4.78 is 0. The molecule has 1 saturated heterocycles. The standard InChI is InChI=1S/C30H33N5O/c1-21-11-15-35(16-12-21)29-28(10-3-22(2)32-29)30(36)33-27-9-8-26-20-34(14-13-25(26)17-27)19-24-6-4-23(18-31)5-7-24/h3-10,17,21H,11-16,19-20H2,1-2H3,(H,33,36). The Hall–Kier alpha value is -3.69. The summed E-state index contributed by atoms with van der Waals surface area (Å²) in [6, 6.07) is 20.1. The maximum absolute atomic E-state index is 13.3. The van der Waals surface area contributed by atoms with Crippen LogP contribution in [0.25, 0.3) is 0 Å². The molecule has 1 amide bonds. The van der Waals surface area contributed by atoms with Crippen LogP contribution in [0.2, 0.25) is 0 Å². The van der Waals surface area contributed by atoms with Crippen molar-refractivity contribution in [3.05, 3.63) is 88.1 Å². The molecule has 36 heavy (non-hydrogen) atoms. The van der Waals surface area contributed by atoms with Gasteiger partial charge in [0.15, 0.2) is 0 Å². The van der Waals surface area contributed by atoms with Crippen LogP contribution in [-0.4, -0.2) is 35.4 Å². The molecule has 3 aromatic rings. The minimum absolute atomic E-state index is 0.102. The maximum Gasteiger partial charge on any atom is 0.259 e. The highest BCUT2D eigenvalue weighted by Crippen LogP contribution is 2.27. The highest BCUT2D eigenvalue weighted by atomic mass is 16.1. The van der Waals surface area contributed by atoms with Gasteiger partial charge in [-0.15, -0.1) is 0 Å². The van der Waals surface area contributed by atoms with Crippen LogP contribution < -0.4 is 10.2 Å². The Labute approximate surface area is 213 Å². The molecule has 2 aliphatic heterocycles. The molecule has 0 unspecified atom stereocenters. The summed E-state index contributed by atoms with van der Waals surface area (Å²) in [6.45, 7) is 8.85. The Morgan fingerprint density at radius 1 is 1.06 bits per heavy atom. The molecule has 1 N–H and O–H groups in total. The zero-order valence-electron chi connectivity index (χ0n) is 21.1. The number of nitrogens with one attached hydrogen (secondary N) is 1. The number of hydrogen-bond donors (Lipinski definition) is 1. The van der Waals surface area contributed by atoms with E-state index in [-0.39, 0.29) is 5.91 Å². The number of pyridine rings is 1. The van der Waals surface area contributed by atoms with Crippen LogP contribution in [0.15, 0.2) is 54.6 Å². The zero-order chi connectivity index (χ0) is 25.1. The van der Waals surface area contributed by atoms with Crippen molar-refractivity contribution < 1.29 is 4.79 Å². The molecule has 0 spiro atoms. The van der Waals surface area contributed by atoms with Crippen molar-refractivity contribution >= 4 is 17.4 Å².